The van der Waals surface area contributed by atoms with Gasteiger partial charge in [0.15, 0.2) is 0 Å². The normalized spacial score (nSPS) is 16.6. The molecule has 0 spiro atoms. The van der Waals surface area contributed by atoms with Crippen LogP contribution in [0.5, 0.6) is 0 Å². The van der Waals surface area contributed by atoms with E-state index >= 15 is 0 Å². The summed E-state index contributed by atoms with van der Waals surface area (Å²) in [6, 6.07) is 13.1. The van der Waals surface area contributed by atoms with Gasteiger partial charge in [-0.2, -0.15) is 13.2 Å². The number of fused-ring (bicyclic) bond motifs is 1. The molecule has 1 heterocycles. The summed E-state index contributed by atoms with van der Waals surface area (Å²) in [5.74, 6) is -1.52. The summed E-state index contributed by atoms with van der Waals surface area (Å²) in [6.45, 7) is 4.12. The number of nitrogens with zero attached hydrogens (tertiary/aromatic N) is 2. The highest BCUT2D eigenvalue weighted by molar-refractivity contribution is 6.05. The van der Waals surface area contributed by atoms with Gasteiger partial charge < -0.3 is 5.32 Å². The molecule has 2 amide bonds. The van der Waals surface area contributed by atoms with Crippen molar-refractivity contribution in [3.63, 3.8) is 0 Å². The van der Waals surface area contributed by atoms with Crippen molar-refractivity contribution in [1.82, 2.24) is 4.90 Å². The third kappa shape index (κ3) is 5.07. The lowest BCUT2D eigenvalue weighted by Crippen LogP contribution is -2.52. The van der Waals surface area contributed by atoms with E-state index in [0.29, 0.717) is 18.0 Å². The molecule has 1 unspecified atom stereocenters. The van der Waals surface area contributed by atoms with E-state index in [1.807, 2.05) is 30.3 Å². The molecule has 158 valence electrons. The maximum Gasteiger partial charge on any atom is 0.409 e. The summed E-state index contributed by atoms with van der Waals surface area (Å²) >= 11 is 0. The number of alkyl halides is 3. The van der Waals surface area contributed by atoms with Gasteiger partial charge in [0.05, 0.1) is 24.3 Å². The summed E-state index contributed by atoms with van der Waals surface area (Å²) in [6.07, 6.45) is -4.02. The number of hydrogen-bond acceptors (Lipinski definition) is 3. The van der Waals surface area contributed by atoms with Crippen LogP contribution in [0.25, 0.3) is 0 Å². The molecule has 2 aromatic rings. The molecular weight excluding hydrogens is 395 g/mol. The fourth-order valence-corrected chi connectivity index (χ4v) is 3.47. The van der Waals surface area contributed by atoms with Crippen LogP contribution in [-0.4, -0.2) is 42.0 Å². The molecule has 1 N–H and O–H groups in total. The van der Waals surface area contributed by atoms with E-state index in [2.05, 4.69) is 11.9 Å². The third-order valence-corrected chi connectivity index (χ3v) is 4.77. The SMILES string of the molecule is C=CCN(CC(=O)N1c2ccccc2NC(=O)CC1C(F)(F)F)Cc1ccccc1. The summed E-state index contributed by atoms with van der Waals surface area (Å²) in [7, 11) is 0. The molecule has 1 aliphatic rings. The van der Waals surface area contributed by atoms with Gasteiger partial charge in [0, 0.05) is 13.1 Å². The number of rotatable bonds is 6. The highest BCUT2D eigenvalue weighted by atomic mass is 19.4. The largest absolute Gasteiger partial charge is 0.409 e. The van der Waals surface area contributed by atoms with Crippen molar-refractivity contribution in [2.24, 2.45) is 0 Å². The Kier molecular flexibility index (Phi) is 6.56. The summed E-state index contributed by atoms with van der Waals surface area (Å²) in [4.78, 5) is 27.6. The lowest BCUT2D eigenvalue weighted by atomic mass is 10.1. The van der Waals surface area contributed by atoms with Gasteiger partial charge in [-0.3, -0.25) is 19.4 Å². The molecule has 1 atom stereocenters. The number of halogens is 3. The number of hydrogen-bond donors (Lipinski definition) is 1. The first-order chi connectivity index (χ1) is 14.3. The molecule has 0 fully saturated rings. The Balaban J connectivity index is 1.93. The van der Waals surface area contributed by atoms with Crippen molar-refractivity contribution in [3.05, 3.63) is 72.8 Å². The number of para-hydroxylation sites is 2. The zero-order valence-electron chi connectivity index (χ0n) is 16.2. The molecule has 8 heteroatoms. The molecule has 0 radical (unpaired) electrons. The molecule has 0 aliphatic carbocycles. The lowest BCUT2D eigenvalue weighted by molar-refractivity contribution is -0.158. The van der Waals surface area contributed by atoms with Crippen LogP contribution < -0.4 is 10.2 Å². The van der Waals surface area contributed by atoms with Crippen LogP contribution >= 0.6 is 0 Å². The van der Waals surface area contributed by atoms with Gasteiger partial charge in [0.1, 0.15) is 6.04 Å². The predicted molar refractivity (Wildman–Crippen MR) is 109 cm³/mol. The van der Waals surface area contributed by atoms with Crippen LogP contribution in [0.1, 0.15) is 12.0 Å². The zero-order chi connectivity index (χ0) is 21.7. The minimum atomic E-state index is -4.76. The van der Waals surface area contributed by atoms with Gasteiger partial charge in [-0.1, -0.05) is 48.5 Å². The molecule has 3 rings (SSSR count). The van der Waals surface area contributed by atoms with Gasteiger partial charge >= 0.3 is 6.18 Å². The second-order valence-corrected chi connectivity index (χ2v) is 7.03. The molecule has 2 aromatic carbocycles. The number of carbonyl (C=O) groups excluding carboxylic acids is 2. The van der Waals surface area contributed by atoms with Gasteiger partial charge in [0.25, 0.3) is 0 Å². The zero-order valence-corrected chi connectivity index (χ0v) is 16.2. The Morgan fingerprint density at radius 2 is 1.83 bits per heavy atom. The average Bonchev–Trinajstić information content (AvgIpc) is 2.84. The Bertz CT molecular complexity index is 915. The standard InChI is InChI=1S/C22H22F3N3O2/c1-2-12-27(14-16-8-4-3-5-9-16)15-21(30)28-18-11-7-6-10-17(18)26-20(29)13-19(28)22(23,24)25/h2-11,19H,1,12-15H2,(H,26,29). The predicted octanol–water partition coefficient (Wildman–Crippen LogP) is 3.98. The molecule has 0 aromatic heterocycles. The molecule has 30 heavy (non-hydrogen) atoms. The van der Waals surface area contributed by atoms with Crippen LogP contribution in [-0.2, 0) is 16.1 Å². The molecule has 5 nitrogen and oxygen atoms in total. The van der Waals surface area contributed by atoms with E-state index in [9.17, 15) is 22.8 Å². The monoisotopic (exact) mass is 417 g/mol. The Labute approximate surface area is 172 Å². The van der Waals surface area contributed by atoms with Crippen molar-refractivity contribution in [2.75, 3.05) is 23.3 Å². The highest BCUT2D eigenvalue weighted by Crippen LogP contribution is 2.37. The molecule has 1 aliphatic heterocycles. The Morgan fingerprint density at radius 3 is 2.50 bits per heavy atom. The number of nitrogens with one attached hydrogen (secondary N) is 1. The van der Waals surface area contributed by atoms with Crippen molar-refractivity contribution in [2.45, 2.75) is 25.2 Å². The third-order valence-electron chi connectivity index (χ3n) is 4.77. The van der Waals surface area contributed by atoms with Crippen LogP contribution in [0.4, 0.5) is 24.5 Å². The van der Waals surface area contributed by atoms with Gasteiger partial charge in [-0.15, -0.1) is 6.58 Å². The first-order valence-electron chi connectivity index (χ1n) is 9.44. The van der Waals surface area contributed by atoms with E-state index < -0.39 is 30.5 Å². The smallest absolute Gasteiger partial charge is 0.324 e. The molecule has 0 bridgehead atoms. The summed E-state index contributed by atoms with van der Waals surface area (Å²) in [5.41, 5.74) is 1.14. The second kappa shape index (κ2) is 9.13. The van der Waals surface area contributed by atoms with E-state index in [1.54, 1.807) is 17.0 Å². The number of carbonyl (C=O) groups is 2. The maximum absolute atomic E-state index is 13.8. The number of amides is 2. The van der Waals surface area contributed by atoms with E-state index in [4.69, 9.17) is 0 Å². The Hall–Kier alpha value is -3.13. The van der Waals surface area contributed by atoms with E-state index in [1.165, 1.54) is 18.2 Å². The lowest BCUT2D eigenvalue weighted by Gasteiger charge is -2.33. The topological polar surface area (TPSA) is 52.7 Å². The van der Waals surface area contributed by atoms with Crippen LogP contribution in [0.3, 0.4) is 0 Å². The van der Waals surface area contributed by atoms with Gasteiger partial charge in [-0.25, -0.2) is 0 Å². The first kappa shape index (κ1) is 21.6. The van der Waals surface area contributed by atoms with Crippen molar-refractivity contribution < 1.29 is 22.8 Å². The Morgan fingerprint density at radius 1 is 1.17 bits per heavy atom. The van der Waals surface area contributed by atoms with Crippen LogP contribution in [0.15, 0.2) is 67.3 Å². The van der Waals surface area contributed by atoms with Crippen molar-refractivity contribution in [1.29, 1.82) is 0 Å². The average molecular weight is 417 g/mol. The molecule has 0 saturated carbocycles. The second-order valence-electron chi connectivity index (χ2n) is 7.03. The first-order valence-corrected chi connectivity index (χ1v) is 9.44. The minimum absolute atomic E-state index is 0.0361. The maximum atomic E-state index is 13.8. The van der Waals surface area contributed by atoms with Gasteiger partial charge in [-0.05, 0) is 17.7 Å². The highest BCUT2D eigenvalue weighted by Gasteiger charge is 2.49. The molecular formula is C22H22F3N3O2. The van der Waals surface area contributed by atoms with E-state index in [0.717, 1.165) is 5.56 Å². The quantitative estimate of drug-likeness (QED) is 0.724. The van der Waals surface area contributed by atoms with Gasteiger partial charge in [0.2, 0.25) is 11.8 Å². The number of anilines is 2. The van der Waals surface area contributed by atoms with Crippen LogP contribution in [0.2, 0.25) is 0 Å². The van der Waals surface area contributed by atoms with E-state index in [-0.39, 0.29) is 17.9 Å². The molecule has 0 saturated heterocycles. The summed E-state index contributed by atoms with van der Waals surface area (Å²) in [5, 5.41) is 2.47. The summed E-state index contributed by atoms with van der Waals surface area (Å²) < 4.78 is 41.5. The fourth-order valence-electron chi connectivity index (χ4n) is 3.47. The number of benzene rings is 2. The van der Waals surface area contributed by atoms with Crippen molar-refractivity contribution >= 4 is 23.2 Å². The van der Waals surface area contributed by atoms with Crippen LogP contribution in [0, 0.1) is 0 Å². The van der Waals surface area contributed by atoms with Crippen molar-refractivity contribution in [3.8, 4) is 0 Å². The fraction of sp³-hybridized carbons (Fsp3) is 0.273. The minimum Gasteiger partial charge on any atom is -0.324 e.